The van der Waals surface area contributed by atoms with Gasteiger partial charge in [-0.25, -0.2) is 0 Å². The zero-order chi connectivity index (χ0) is 9.19. The van der Waals surface area contributed by atoms with E-state index < -0.39 is 0 Å². The molecule has 0 amide bonds. The number of rotatable bonds is 4. The Bertz CT molecular complexity index is 139. The first-order chi connectivity index (χ1) is 5.57. The van der Waals surface area contributed by atoms with Crippen LogP contribution in [0.5, 0.6) is 0 Å². The van der Waals surface area contributed by atoms with E-state index in [4.69, 9.17) is 4.74 Å². The van der Waals surface area contributed by atoms with Gasteiger partial charge in [0, 0.05) is 0 Å². The van der Waals surface area contributed by atoms with Crippen LogP contribution >= 0.6 is 0 Å². The van der Waals surface area contributed by atoms with Gasteiger partial charge in [-0.05, 0) is 18.4 Å². The van der Waals surface area contributed by atoms with Crippen molar-refractivity contribution in [3.63, 3.8) is 0 Å². The summed E-state index contributed by atoms with van der Waals surface area (Å²) in [6.45, 7) is 11.9. The smallest absolute Gasteiger partial charge is 0.0676 e. The molecule has 1 aliphatic rings. The van der Waals surface area contributed by atoms with Crippen LogP contribution < -0.4 is 5.32 Å². The molecule has 0 atom stereocenters. The van der Waals surface area contributed by atoms with Gasteiger partial charge < -0.3 is 10.1 Å². The Labute approximate surface area is 75.7 Å². The Balaban J connectivity index is 2.35. The van der Waals surface area contributed by atoms with Crippen LogP contribution in [0.2, 0.25) is 0 Å². The van der Waals surface area contributed by atoms with E-state index in [1.165, 1.54) is 0 Å². The van der Waals surface area contributed by atoms with Crippen molar-refractivity contribution in [2.45, 2.75) is 33.2 Å². The molecule has 72 valence electrons. The number of ether oxygens (including phenoxy) is 1. The summed E-state index contributed by atoms with van der Waals surface area (Å²) in [4.78, 5) is 0. The third-order valence-electron chi connectivity index (χ3n) is 2.69. The zero-order valence-electron chi connectivity index (χ0n) is 8.68. The van der Waals surface area contributed by atoms with Gasteiger partial charge in [0.1, 0.15) is 0 Å². The SMILES string of the molecule is CC(C)CNC1(C(C)C)COC1. The maximum Gasteiger partial charge on any atom is 0.0676 e. The van der Waals surface area contributed by atoms with Gasteiger partial charge in [0.2, 0.25) is 0 Å². The predicted octanol–water partition coefficient (Wildman–Crippen LogP) is 1.66. The molecule has 1 N–H and O–H groups in total. The van der Waals surface area contributed by atoms with E-state index in [-0.39, 0.29) is 5.54 Å². The molecule has 2 nitrogen and oxygen atoms in total. The van der Waals surface area contributed by atoms with Gasteiger partial charge in [0.25, 0.3) is 0 Å². The highest BCUT2D eigenvalue weighted by molar-refractivity contribution is 4.96. The average Bonchev–Trinajstić information content (AvgIpc) is 1.83. The van der Waals surface area contributed by atoms with E-state index in [1.54, 1.807) is 0 Å². The van der Waals surface area contributed by atoms with Crippen molar-refractivity contribution in [2.24, 2.45) is 11.8 Å². The molecule has 0 aromatic carbocycles. The van der Waals surface area contributed by atoms with Crippen molar-refractivity contribution in [3.05, 3.63) is 0 Å². The first-order valence-corrected chi connectivity index (χ1v) is 4.89. The van der Waals surface area contributed by atoms with Crippen molar-refractivity contribution in [1.82, 2.24) is 5.32 Å². The minimum absolute atomic E-state index is 0.282. The van der Waals surface area contributed by atoms with Crippen LogP contribution in [0.4, 0.5) is 0 Å². The van der Waals surface area contributed by atoms with Crippen LogP contribution in [0.1, 0.15) is 27.7 Å². The molecule has 0 aromatic heterocycles. The number of hydrogen-bond acceptors (Lipinski definition) is 2. The van der Waals surface area contributed by atoms with Gasteiger partial charge in [-0.1, -0.05) is 27.7 Å². The summed E-state index contributed by atoms with van der Waals surface area (Å²) < 4.78 is 5.27. The summed E-state index contributed by atoms with van der Waals surface area (Å²) in [7, 11) is 0. The monoisotopic (exact) mass is 171 g/mol. The van der Waals surface area contributed by atoms with E-state index in [2.05, 4.69) is 33.0 Å². The lowest BCUT2D eigenvalue weighted by atomic mass is 9.84. The molecule has 0 aliphatic carbocycles. The van der Waals surface area contributed by atoms with Crippen LogP contribution in [-0.4, -0.2) is 25.3 Å². The van der Waals surface area contributed by atoms with E-state index in [0.29, 0.717) is 5.92 Å². The normalized spacial score (nSPS) is 21.5. The number of hydrogen-bond donors (Lipinski definition) is 1. The zero-order valence-corrected chi connectivity index (χ0v) is 8.68. The average molecular weight is 171 g/mol. The highest BCUT2D eigenvalue weighted by Crippen LogP contribution is 2.25. The topological polar surface area (TPSA) is 21.3 Å². The van der Waals surface area contributed by atoms with Crippen LogP contribution in [0.3, 0.4) is 0 Å². The van der Waals surface area contributed by atoms with Gasteiger partial charge in [0.05, 0.1) is 18.8 Å². The van der Waals surface area contributed by atoms with Gasteiger partial charge in [-0.3, -0.25) is 0 Å². The Hall–Kier alpha value is -0.0800. The summed E-state index contributed by atoms with van der Waals surface area (Å²) >= 11 is 0. The summed E-state index contributed by atoms with van der Waals surface area (Å²) in [6.07, 6.45) is 0. The second kappa shape index (κ2) is 3.75. The third-order valence-corrected chi connectivity index (χ3v) is 2.69. The molecule has 1 rings (SSSR count). The predicted molar refractivity (Wildman–Crippen MR) is 51.2 cm³/mol. The Kier molecular flexibility index (Phi) is 3.13. The summed E-state index contributed by atoms with van der Waals surface area (Å²) in [5, 5.41) is 3.61. The minimum atomic E-state index is 0.282. The second-order valence-electron chi connectivity index (χ2n) is 4.58. The molecule has 2 heteroatoms. The first kappa shape index (κ1) is 10.0. The van der Waals surface area contributed by atoms with Gasteiger partial charge >= 0.3 is 0 Å². The largest absolute Gasteiger partial charge is 0.377 e. The molecular formula is C10H21NO. The standard InChI is InChI=1S/C10H21NO/c1-8(2)5-11-10(9(3)4)6-12-7-10/h8-9,11H,5-7H2,1-4H3. The highest BCUT2D eigenvalue weighted by atomic mass is 16.5. The fourth-order valence-corrected chi connectivity index (χ4v) is 1.37. The molecule has 0 saturated carbocycles. The fourth-order valence-electron chi connectivity index (χ4n) is 1.37. The van der Waals surface area contributed by atoms with Crippen LogP contribution in [0, 0.1) is 11.8 Å². The molecule has 1 saturated heterocycles. The Morgan fingerprint density at radius 1 is 1.25 bits per heavy atom. The quantitative estimate of drug-likeness (QED) is 0.694. The summed E-state index contributed by atoms with van der Waals surface area (Å²) in [5.74, 6) is 1.39. The molecule has 0 bridgehead atoms. The minimum Gasteiger partial charge on any atom is -0.377 e. The van der Waals surface area contributed by atoms with Crippen molar-refractivity contribution in [2.75, 3.05) is 19.8 Å². The van der Waals surface area contributed by atoms with Crippen molar-refractivity contribution in [3.8, 4) is 0 Å². The van der Waals surface area contributed by atoms with Crippen LogP contribution in [-0.2, 0) is 4.74 Å². The van der Waals surface area contributed by atoms with E-state index >= 15 is 0 Å². The van der Waals surface area contributed by atoms with Gasteiger partial charge in [-0.2, -0.15) is 0 Å². The fraction of sp³-hybridized carbons (Fsp3) is 1.00. The van der Waals surface area contributed by atoms with Crippen molar-refractivity contribution >= 4 is 0 Å². The Morgan fingerprint density at radius 2 is 1.83 bits per heavy atom. The van der Waals surface area contributed by atoms with Crippen molar-refractivity contribution in [1.29, 1.82) is 0 Å². The van der Waals surface area contributed by atoms with Gasteiger partial charge in [0.15, 0.2) is 0 Å². The molecule has 0 aromatic rings. The lowest BCUT2D eigenvalue weighted by Crippen LogP contribution is -2.64. The van der Waals surface area contributed by atoms with E-state index in [0.717, 1.165) is 25.7 Å². The molecule has 0 radical (unpaired) electrons. The molecule has 1 aliphatic heterocycles. The van der Waals surface area contributed by atoms with E-state index in [9.17, 15) is 0 Å². The molecule has 1 fully saturated rings. The summed E-state index contributed by atoms with van der Waals surface area (Å²) in [5.41, 5.74) is 0.282. The molecule has 12 heavy (non-hydrogen) atoms. The molecule has 1 heterocycles. The van der Waals surface area contributed by atoms with Crippen LogP contribution in [0.25, 0.3) is 0 Å². The second-order valence-corrected chi connectivity index (χ2v) is 4.58. The van der Waals surface area contributed by atoms with Crippen molar-refractivity contribution < 1.29 is 4.74 Å². The molecule has 0 spiro atoms. The highest BCUT2D eigenvalue weighted by Gasteiger charge is 2.40. The maximum absolute atomic E-state index is 5.27. The lowest BCUT2D eigenvalue weighted by molar-refractivity contribution is -0.0983. The summed E-state index contributed by atoms with van der Waals surface area (Å²) in [6, 6.07) is 0. The molecular weight excluding hydrogens is 150 g/mol. The van der Waals surface area contributed by atoms with Gasteiger partial charge in [-0.15, -0.1) is 0 Å². The number of nitrogens with one attached hydrogen (secondary N) is 1. The van der Waals surface area contributed by atoms with E-state index in [1.807, 2.05) is 0 Å². The Morgan fingerprint density at radius 3 is 2.08 bits per heavy atom. The first-order valence-electron chi connectivity index (χ1n) is 4.89. The third kappa shape index (κ3) is 1.99. The lowest BCUT2D eigenvalue weighted by Gasteiger charge is -2.46. The molecule has 0 unspecified atom stereocenters. The maximum atomic E-state index is 5.27. The van der Waals surface area contributed by atoms with Crippen LogP contribution in [0.15, 0.2) is 0 Å².